The second-order valence-corrected chi connectivity index (χ2v) is 11.0. The van der Waals surface area contributed by atoms with E-state index in [1.54, 1.807) is 19.1 Å². The Morgan fingerprint density at radius 3 is 2.70 bits per heavy atom. The summed E-state index contributed by atoms with van der Waals surface area (Å²) in [5.41, 5.74) is 0.477. The van der Waals surface area contributed by atoms with Crippen molar-refractivity contribution < 1.29 is 18.0 Å². The van der Waals surface area contributed by atoms with Crippen molar-refractivity contribution in [2.24, 2.45) is 5.92 Å². The fourth-order valence-corrected chi connectivity index (χ4v) is 5.65. The van der Waals surface area contributed by atoms with Crippen LogP contribution in [0.25, 0.3) is 11.0 Å². The van der Waals surface area contributed by atoms with Gasteiger partial charge in [0.25, 0.3) is 0 Å². The lowest BCUT2D eigenvalue weighted by atomic mass is 9.98. The second-order valence-electron chi connectivity index (χ2n) is 8.56. The van der Waals surface area contributed by atoms with Gasteiger partial charge >= 0.3 is 0 Å². The SMILES string of the molecule is C[C@H](NC(=O)C1CCCN(S(=O)(=O)c2cccc3nsnc23)C1)C(=O)NC(C)(C)C. The molecule has 164 valence electrons. The third-order valence-corrected chi connectivity index (χ3v) is 7.31. The molecular weight excluding hydrogens is 426 g/mol. The monoisotopic (exact) mass is 453 g/mol. The molecule has 0 saturated carbocycles. The minimum Gasteiger partial charge on any atom is -0.350 e. The summed E-state index contributed by atoms with van der Waals surface area (Å²) in [7, 11) is -3.82. The molecule has 30 heavy (non-hydrogen) atoms. The summed E-state index contributed by atoms with van der Waals surface area (Å²) < 4.78 is 36.0. The fourth-order valence-electron chi connectivity index (χ4n) is 3.38. The molecule has 3 rings (SSSR count). The summed E-state index contributed by atoms with van der Waals surface area (Å²) in [5, 5.41) is 5.54. The van der Waals surface area contributed by atoms with Gasteiger partial charge in [-0.05, 0) is 52.7 Å². The lowest BCUT2D eigenvalue weighted by Gasteiger charge is -2.32. The van der Waals surface area contributed by atoms with Crippen LogP contribution >= 0.6 is 11.7 Å². The molecule has 1 saturated heterocycles. The number of nitrogens with zero attached hydrogens (tertiary/aromatic N) is 3. The van der Waals surface area contributed by atoms with Crippen LogP contribution in [-0.2, 0) is 19.6 Å². The molecule has 9 nitrogen and oxygen atoms in total. The first-order valence-electron chi connectivity index (χ1n) is 9.83. The normalized spacial score (nSPS) is 19.4. The van der Waals surface area contributed by atoms with Crippen LogP contribution in [0, 0.1) is 5.92 Å². The molecule has 0 aliphatic carbocycles. The standard InChI is InChI=1S/C19H27N5O4S2/c1-12(17(25)21-19(2,3)4)20-18(26)13-7-6-10-24(11-13)30(27,28)15-9-5-8-14-16(15)23-29-22-14/h5,8-9,12-13H,6-7,10-11H2,1-4H3,(H,20,26)(H,21,25)/t12-,13?/m0/s1. The first kappa shape index (κ1) is 22.6. The van der Waals surface area contributed by atoms with Gasteiger partial charge in [-0.3, -0.25) is 9.59 Å². The van der Waals surface area contributed by atoms with Crippen LogP contribution in [0.15, 0.2) is 23.1 Å². The zero-order valence-electron chi connectivity index (χ0n) is 17.5. The summed E-state index contributed by atoms with van der Waals surface area (Å²) in [6.07, 6.45) is 1.12. The Hall–Kier alpha value is -2.11. The van der Waals surface area contributed by atoms with Gasteiger partial charge in [-0.1, -0.05) is 6.07 Å². The van der Waals surface area contributed by atoms with E-state index in [-0.39, 0.29) is 23.3 Å². The molecule has 1 aromatic carbocycles. The summed E-state index contributed by atoms with van der Waals surface area (Å²) >= 11 is 0.964. The quantitative estimate of drug-likeness (QED) is 0.708. The highest BCUT2D eigenvalue weighted by atomic mass is 32.2. The van der Waals surface area contributed by atoms with Crippen molar-refractivity contribution in [2.45, 2.75) is 57.0 Å². The predicted octanol–water partition coefficient (Wildman–Crippen LogP) is 1.51. The number of sulfonamides is 1. The Morgan fingerprint density at radius 2 is 2.00 bits per heavy atom. The van der Waals surface area contributed by atoms with E-state index in [1.165, 1.54) is 10.4 Å². The third kappa shape index (κ3) is 4.96. The van der Waals surface area contributed by atoms with E-state index in [2.05, 4.69) is 19.4 Å². The molecule has 1 aliphatic rings. The predicted molar refractivity (Wildman–Crippen MR) is 114 cm³/mol. The number of nitrogens with one attached hydrogen (secondary N) is 2. The molecule has 0 spiro atoms. The number of carbonyl (C=O) groups is 2. The Labute approximate surface area is 180 Å². The lowest BCUT2D eigenvalue weighted by molar-refractivity contribution is -0.132. The number of carbonyl (C=O) groups excluding carboxylic acids is 2. The van der Waals surface area contributed by atoms with Gasteiger partial charge in [0, 0.05) is 18.6 Å². The number of fused-ring (bicyclic) bond motifs is 1. The molecule has 2 amide bonds. The smallest absolute Gasteiger partial charge is 0.245 e. The van der Waals surface area contributed by atoms with E-state index in [1.807, 2.05) is 20.8 Å². The minimum absolute atomic E-state index is 0.0652. The van der Waals surface area contributed by atoms with Crippen molar-refractivity contribution in [1.82, 2.24) is 23.7 Å². The van der Waals surface area contributed by atoms with E-state index in [0.29, 0.717) is 30.4 Å². The van der Waals surface area contributed by atoms with Gasteiger partial charge in [-0.25, -0.2) is 8.42 Å². The maximum atomic E-state index is 13.2. The zero-order chi connectivity index (χ0) is 22.1. The van der Waals surface area contributed by atoms with Crippen molar-refractivity contribution in [3.05, 3.63) is 18.2 Å². The van der Waals surface area contributed by atoms with Gasteiger partial charge in [0.15, 0.2) is 0 Å². The molecule has 2 atom stereocenters. The number of piperidine rings is 1. The van der Waals surface area contributed by atoms with Crippen LogP contribution in [0.2, 0.25) is 0 Å². The number of hydrogen-bond acceptors (Lipinski definition) is 7. The number of amides is 2. The van der Waals surface area contributed by atoms with Crippen LogP contribution in [0.1, 0.15) is 40.5 Å². The Morgan fingerprint density at radius 1 is 1.27 bits per heavy atom. The number of hydrogen-bond donors (Lipinski definition) is 2. The third-order valence-electron chi connectivity index (χ3n) is 4.87. The Kier molecular flexibility index (Phi) is 6.44. The van der Waals surface area contributed by atoms with Crippen molar-refractivity contribution in [3.8, 4) is 0 Å². The van der Waals surface area contributed by atoms with E-state index in [0.717, 1.165) is 11.7 Å². The first-order chi connectivity index (χ1) is 14.0. The van der Waals surface area contributed by atoms with Crippen LogP contribution in [0.3, 0.4) is 0 Å². The number of aromatic nitrogens is 2. The van der Waals surface area contributed by atoms with Crippen LogP contribution in [-0.4, -0.2) is 58.0 Å². The van der Waals surface area contributed by atoms with E-state index in [9.17, 15) is 18.0 Å². The average molecular weight is 454 g/mol. The van der Waals surface area contributed by atoms with Gasteiger partial charge < -0.3 is 10.6 Å². The molecule has 1 aromatic heterocycles. The van der Waals surface area contributed by atoms with Crippen LogP contribution in [0.4, 0.5) is 0 Å². The number of rotatable bonds is 5. The Balaban J connectivity index is 1.71. The second kappa shape index (κ2) is 8.56. The van der Waals surface area contributed by atoms with Gasteiger partial charge in [0.1, 0.15) is 22.0 Å². The molecule has 2 heterocycles. The van der Waals surface area contributed by atoms with Crippen molar-refractivity contribution in [2.75, 3.05) is 13.1 Å². The van der Waals surface area contributed by atoms with Gasteiger partial charge in [0.2, 0.25) is 21.8 Å². The highest BCUT2D eigenvalue weighted by Crippen LogP contribution is 2.28. The Bertz CT molecular complexity index is 1040. The van der Waals surface area contributed by atoms with E-state index in [4.69, 9.17) is 0 Å². The minimum atomic E-state index is -3.82. The molecule has 1 aliphatic heterocycles. The molecule has 0 bridgehead atoms. The van der Waals surface area contributed by atoms with Crippen LogP contribution < -0.4 is 10.6 Å². The lowest BCUT2D eigenvalue weighted by Crippen LogP contribution is -2.53. The van der Waals surface area contributed by atoms with Crippen molar-refractivity contribution in [3.63, 3.8) is 0 Å². The summed E-state index contributed by atoms with van der Waals surface area (Å²) in [6, 6.07) is 4.16. The van der Waals surface area contributed by atoms with Gasteiger partial charge in [-0.15, -0.1) is 0 Å². The summed E-state index contributed by atoms with van der Waals surface area (Å²) in [6.45, 7) is 7.60. The summed E-state index contributed by atoms with van der Waals surface area (Å²) in [5.74, 6) is -1.12. The summed E-state index contributed by atoms with van der Waals surface area (Å²) in [4.78, 5) is 25.1. The molecule has 1 unspecified atom stereocenters. The molecule has 11 heteroatoms. The highest BCUT2D eigenvalue weighted by Gasteiger charge is 2.35. The molecule has 2 aromatic rings. The van der Waals surface area contributed by atoms with Gasteiger partial charge in [0.05, 0.1) is 17.6 Å². The van der Waals surface area contributed by atoms with E-state index < -0.39 is 27.5 Å². The fraction of sp³-hybridized carbons (Fsp3) is 0.579. The van der Waals surface area contributed by atoms with Crippen molar-refractivity contribution in [1.29, 1.82) is 0 Å². The maximum Gasteiger partial charge on any atom is 0.245 e. The molecule has 1 fully saturated rings. The molecule has 2 N–H and O–H groups in total. The van der Waals surface area contributed by atoms with E-state index >= 15 is 0 Å². The number of benzene rings is 1. The molecular formula is C19H27N5O4S2. The van der Waals surface area contributed by atoms with Gasteiger partial charge in [-0.2, -0.15) is 13.1 Å². The highest BCUT2D eigenvalue weighted by molar-refractivity contribution is 7.89. The largest absolute Gasteiger partial charge is 0.350 e. The van der Waals surface area contributed by atoms with Crippen molar-refractivity contribution >= 4 is 44.6 Å². The molecule has 0 radical (unpaired) electrons. The first-order valence-corrected chi connectivity index (χ1v) is 12.0. The average Bonchev–Trinajstić information content (AvgIpc) is 3.15. The maximum absolute atomic E-state index is 13.2. The topological polar surface area (TPSA) is 121 Å². The zero-order valence-corrected chi connectivity index (χ0v) is 19.1. The van der Waals surface area contributed by atoms with Crippen LogP contribution in [0.5, 0.6) is 0 Å².